The van der Waals surface area contributed by atoms with Crippen molar-refractivity contribution < 1.29 is 9.21 Å². The number of hydrogen-bond donors (Lipinski definition) is 2. The van der Waals surface area contributed by atoms with Crippen LogP contribution in [0.5, 0.6) is 0 Å². The fraction of sp³-hybridized carbons (Fsp3) is 0.727. The first kappa shape index (κ1) is 12.0. The first-order valence-electron chi connectivity index (χ1n) is 6.02. The van der Waals surface area contributed by atoms with Crippen molar-refractivity contribution in [3.8, 4) is 0 Å². The van der Waals surface area contributed by atoms with Crippen LogP contribution >= 0.6 is 0 Å². The molecule has 0 bridgehead atoms. The zero-order chi connectivity index (χ0) is 12.3. The van der Waals surface area contributed by atoms with Crippen molar-refractivity contribution in [2.75, 3.05) is 11.9 Å². The summed E-state index contributed by atoms with van der Waals surface area (Å²) < 4.78 is 5.40. The molecule has 2 heterocycles. The van der Waals surface area contributed by atoms with Gasteiger partial charge in [0.05, 0.1) is 6.04 Å². The Balaban J connectivity index is 1.91. The molecule has 0 spiro atoms. The molecule has 2 rings (SSSR count). The normalized spacial score (nSPS) is 19.8. The smallest absolute Gasteiger partial charge is 0.322 e. The second-order valence-corrected chi connectivity index (χ2v) is 4.74. The van der Waals surface area contributed by atoms with Crippen molar-refractivity contribution in [1.82, 2.24) is 15.5 Å². The van der Waals surface area contributed by atoms with Crippen LogP contribution in [0.15, 0.2) is 4.42 Å². The van der Waals surface area contributed by atoms with Crippen LogP contribution in [0.1, 0.15) is 45.0 Å². The lowest BCUT2D eigenvalue weighted by Gasteiger charge is -2.04. The number of aromatic nitrogens is 2. The van der Waals surface area contributed by atoms with Crippen molar-refractivity contribution in [3.63, 3.8) is 0 Å². The Morgan fingerprint density at radius 3 is 3.06 bits per heavy atom. The van der Waals surface area contributed by atoms with Gasteiger partial charge in [-0.25, -0.2) is 0 Å². The number of amides is 1. The van der Waals surface area contributed by atoms with Crippen LogP contribution in [0.2, 0.25) is 0 Å². The van der Waals surface area contributed by atoms with Gasteiger partial charge in [-0.1, -0.05) is 18.9 Å². The average molecular weight is 238 g/mol. The molecule has 94 valence electrons. The van der Waals surface area contributed by atoms with E-state index >= 15 is 0 Å². The van der Waals surface area contributed by atoms with Crippen LogP contribution in [0, 0.1) is 5.92 Å². The molecule has 6 heteroatoms. The Hall–Kier alpha value is -1.43. The predicted octanol–water partition coefficient (Wildman–Crippen LogP) is 1.48. The summed E-state index contributed by atoms with van der Waals surface area (Å²) in [5, 5.41) is 13.6. The van der Waals surface area contributed by atoms with Gasteiger partial charge in [-0.2, -0.15) is 0 Å². The van der Waals surface area contributed by atoms with Crippen LogP contribution in [-0.4, -0.2) is 22.6 Å². The highest BCUT2D eigenvalue weighted by molar-refractivity contribution is 5.88. The maximum Gasteiger partial charge on any atom is 0.322 e. The fourth-order valence-electron chi connectivity index (χ4n) is 1.86. The molecule has 1 aliphatic rings. The summed E-state index contributed by atoms with van der Waals surface area (Å²) in [6, 6.07) is 0.331. The molecule has 0 radical (unpaired) electrons. The topological polar surface area (TPSA) is 80.0 Å². The van der Waals surface area contributed by atoms with Crippen LogP contribution < -0.4 is 10.6 Å². The Kier molecular flexibility index (Phi) is 3.73. The van der Waals surface area contributed by atoms with Gasteiger partial charge in [-0.05, 0) is 25.3 Å². The third kappa shape index (κ3) is 3.26. The van der Waals surface area contributed by atoms with Crippen molar-refractivity contribution in [2.24, 2.45) is 5.92 Å². The number of hydrogen-bond acceptors (Lipinski definition) is 5. The van der Waals surface area contributed by atoms with Gasteiger partial charge in [0.25, 0.3) is 0 Å². The third-order valence-corrected chi connectivity index (χ3v) is 2.64. The first-order valence-corrected chi connectivity index (χ1v) is 6.02. The summed E-state index contributed by atoms with van der Waals surface area (Å²) in [6.07, 6.45) is 2.57. The minimum atomic E-state index is -0.0884. The summed E-state index contributed by atoms with van der Waals surface area (Å²) in [7, 11) is 0. The van der Waals surface area contributed by atoms with E-state index in [0.717, 1.165) is 19.4 Å². The van der Waals surface area contributed by atoms with Gasteiger partial charge in [-0.3, -0.25) is 10.1 Å². The van der Waals surface area contributed by atoms with Gasteiger partial charge in [0.1, 0.15) is 0 Å². The monoisotopic (exact) mass is 238 g/mol. The number of anilines is 1. The Labute approximate surface area is 100 Å². The van der Waals surface area contributed by atoms with Gasteiger partial charge < -0.3 is 9.73 Å². The highest BCUT2D eigenvalue weighted by Gasteiger charge is 2.22. The van der Waals surface area contributed by atoms with Crippen LogP contribution in [-0.2, 0) is 4.79 Å². The summed E-state index contributed by atoms with van der Waals surface area (Å²) in [5.41, 5.74) is 0. The van der Waals surface area contributed by atoms with E-state index in [4.69, 9.17) is 4.42 Å². The van der Waals surface area contributed by atoms with Crippen molar-refractivity contribution in [2.45, 2.75) is 39.2 Å². The molecule has 6 nitrogen and oxygen atoms in total. The molecule has 1 atom stereocenters. The fourth-order valence-corrected chi connectivity index (χ4v) is 1.86. The first-order chi connectivity index (χ1) is 8.15. The second kappa shape index (κ2) is 5.27. The van der Waals surface area contributed by atoms with Crippen LogP contribution in [0.3, 0.4) is 0 Å². The zero-order valence-corrected chi connectivity index (χ0v) is 10.2. The summed E-state index contributed by atoms with van der Waals surface area (Å²) in [5.74, 6) is 0.783. The zero-order valence-electron chi connectivity index (χ0n) is 10.2. The largest absolute Gasteiger partial charge is 0.406 e. The van der Waals surface area contributed by atoms with Gasteiger partial charge in [0, 0.05) is 6.42 Å². The summed E-state index contributed by atoms with van der Waals surface area (Å²) in [4.78, 5) is 11.5. The number of nitrogens with one attached hydrogen (secondary N) is 2. The van der Waals surface area contributed by atoms with E-state index in [-0.39, 0.29) is 18.0 Å². The van der Waals surface area contributed by atoms with E-state index in [1.165, 1.54) is 0 Å². The molecule has 0 aromatic carbocycles. The Morgan fingerprint density at radius 2 is 2.41 bits per heavy atom. The lowest BCUT2D eigenvalue weighted by Crippen LogP contribution is -2.14. The van der Waals surface area contributed by atoms with E-state index in [1.54, 1.807) is 0 Å². The second-order valence-electron chi connectivity index (χ2n) is 4.74. The maximum atomic E-state index is 11.5. The van der Waals surface area contributed by atoms with Crippen LogP contribution in [0.4, 0.5) is 6.01 Å². The Bertz CT molecular complexity index is 383. The molecule has 1 aromatic heterocycles. The lowest BCUT2D eigenvalue weighted by molar-refractivity contribution is -0.117. The van der Waals surface area contributed by atoms with Gasteiger partial charge in [0.15, 0.2) is 0 Å². The standard InChI is InChI=1S/C11H18N4O2/c1-7(2)6-9(16)13-11-15-14-10(17-11)8-4-3-5-12-8/h7-8,12H,3-6H2,1-2H3,(H,13,15,16). The highest BCUT2D eigenvalue weighted by Crippen LogP contribution is 2.22. The minimum absolute atomic E-state index is 0.0884. The SMILES string of the molecule is CC(C)CC(=O)Nc1nnc(C2CCCN2)o1. The molecular weight excluding hydrogens is 220 g/mol. The molecule has 1 amide bonds. The van der Waals surface area contributed by atoms with E-state index in [1.807, 2.05) is 13.8 Å². The highest BCUT2D eigenvalue weighted by atomic mass is 16.4. The quantitative estimate of drug-likeness (QED) is 0.830. The molecule has 1 aromatic rings. The Morgan fingerprint density at radius 1 is 1.59 bits per heavy atom. The predicted molar refractivity (Wildman–Crippen MR) is 62.4 cm³/mol. The van der Waals surface area contributed by atoms with E-state index in [2.05, 4.69) is 20.8 Å². The lowest BCUT2D eigenvalue weighted by atomic mass is 10.1. The maximum absolute atomic E-state index is 11.5. The minimum Gasteiger partial charge on any atom is -0.406 e. The van der Waals surface area contributed by atoms with Crippen molar-refractivity contribution in [1.29, 1.82) is 0 Å². The van der Waals surface area contributed by atoms with E-state index < -0.39 is 0 Å². The van der Waals surface area contributed by atoms with Gasteiger partial charge >= 0.3 is 6.01 Å². The molecule has 1 unspecified atom stereocenters. The molecular formula is C11H18N4O2. The van der Waals surface area contributed by atoms with Crippen LogP contribution in [0.25, 0.3) is 0 Å². The van der Waals surface area contributed by atoms with Gasteiger partial charge in [0.2, 0.25) is 11.8 Å². The number of nitrogens with zero attached hydrogens (tertiary/aromatic N) is 2. The molecule has 2 N–H and O–H groups in total. The molecule has 1 fully saturated rings. The van der Waals surface area contributed by atoms with Crippen molar-refractivity contribution >= 4 is 11.9 Å². The summed E-state index contributed by atoms with van der Waals surface area (Å²) in [6.45, 7) is 4.95. The molecule has 1 saturated heterocycles. The van der Waals surface area contributed by atoms with E-state index in [0.29, 0.717) is 18.2 Å². The summed E-state index contributed by atoms with van der Waals surface area (Å²) >= 11 is 0. The third-order valence-electron chi connectivity index (χ3n) is 2.64. The molecule has 0 saturated carbocycles. The molecule has 0 aliphatic carbocycles. The van der Waals surface area contributed by atoms with Gasteiger partial charge in [-0.15, -0.1) is 5.10 Å². The average Bonchev–Trinajstić information content (AvgIpc) is 2.84. The van der Waals surface area contributed by atoms with E-state index in [9.17, 15) is 4.79 Å². The van der Waals surface area contributed by atoms with Crippen molar-refractivity contribution in [3.05, 3.63) is 5.89 Å². The number of carbonyl (C=O) groups excluding carboxylic acids is 1. The number of carbonyl (C=O) groups is 1. The number of rotatable bonds is 4. The molecule has 17 heavy (non-hydrogen) atoms. The molecule has 1 aliphatic heterocycles.